The second-order valence-corrected chi connectivity index (χ2v) is 10.7. The molecule has 0 spiro atoms. The Morgan fingerprint density at radius 2 is 1.23 bits per heavy atom. The number of carbonyl (C=O) groups excluding carboxylic acids is 1. The Morgan fingerprint density at radius 3 is 1.64 bits per heavy atom. The quantitative estimate of drug-likeness (QED) is 0.167. The third kappa shape index (κ3) is 7.77. The van der Waals surface area contributed by atoms with Crippen LogP contribution in [0.3, 0.4) is 0 Å². The molecule has 236 valence electrons. The van der Waals surface area contributed by atoms with Gasteiger partial charge < -0.3 is 5.11 Å². The van der Waals surface area contributed by atoms with Crippen molar-refractivity contribution in [1.29, 1.82) is 0 Å². The summed E-state index contributed by atoms with van der Waals surface area (Å²) in [6, 6.07) is 9.55. The van der Waals surface area contributed by atoms with Gasteiger partial charge in [-0.3, -0.25) is 4.79 Å². The first kappa shape index (κ1) is 33.0. The summed E-state index contributed by atoms with van der Waals surface area (Å²) in [6.07, 6.45) is 1.46. The van der Waals surface area contributed by atoms with Gasteiger partial charge in [-0.2, -0.15) is 36.5 Å². The maximum Gasteiger partial charge on any atom is 0.416 e. The molecule has 2 aromatic heterocycles. The topological polar surface area (TPSA) is 72.9 Å². The molecular formula is C32H34F6N4O2. The van der Waals surface area contributed by atoms with Gasteiger partial charge in [0.25, 0.3) is 0 Å². The maximum atomic E-state index is 12.7. The lowest BCUT2D eigenvalue weighted by atomic mass is 9.82. The van der Waals surface area contributed by atoms with Crippen molar-refractivity contribution in [2.75, 3.05) is 0 Å². The largest absolute Gasteiger partial charge is 0.416 e. The Morgan fingerprint density at radius 1 is 0.773 bits per heavy atom. The molecule has 0 saturated heterocycles. The lowest BCUT2D eigenvalue weighted by Crippen LogP contribution is -2.16. The van der Waals surface area contributed by atoms with Gasteiger partial charge in [0.2, 0.25) is 0 Å². The molecule has 6 nitrogen and oxygen atoms in total. The van der Waals surface area contributed by atoms with Crippen LogP contribution in [-0.2, 0) is 25.2 Å². The standard InChI is InChI=1S/C19H23F3N2O.C13H11F3N2O/c1-2-17-16(18(25)13-6-4-3-5-7-13)12-24(23-17)15-10-8-14(9-11-15)19(20,21)22;1-2-12-9(8-19)7-18(17-12)11-5-3-10(4-6-11)13(14,15)16/h8-13,18,25H,2-7H2,1H3;3-8H,2H2,1H3. The minimum atomic E-state index is -4.36. The van der Waals surface area contributed by atoms with Crippen LogP contribution in [-0.4, -0.2) is 31.0 Å². The SMILES string of the molecule is CCc1nn(-c2ccc(C(F)(F)F)cc2)cc1C(O)C1CCCCC1.CCc1nn(-c2ccc(C(F)(F)F)cc2)cc1C=O. The van der Waals surface area contributed by atoms with E-state index in [0.29, 0.717) is 41.8 Å². The zero-order chi connectivity index (χ0) is 32.1. The number of hydrogen-bond donors (Lipinski definition) is 1. The number of aromatic nitrogens is 4. The van der Waals surface area contributed by atoms with Gasteiger partial charge in [0.15, 0.2) is 6.29 Å². The molecule has 0 radical (unpaired) electrons. The van der Waals surface area contributed by atoms with Crippen LogP contribution < -0.4 is 0 Å². The first-order valence-electron chi connectivity index (χ1n) is 14.5. The van der Waals surface area contributed by atoms with E-state index in [1.807, 2.05) is 13.8 Å². The molecule has 12 heteroatoms. The average molecular weight is 621 g/mol. The van der Waals surface area contributed by atoms with E-state index in [4.69, 9.17) is 0 Å². The number of nitrogens with zero attached hydrogens (tertiary/aromatic N) is 4. The Balaban J connectivity index is 0.000000209. The molecule has 1 N–H and O–H groups in total. The van der Waals surface area contributed by atoms with E-state index >= 15 is 0 Å². The number of hydrogen-bond acceptors (Lipinski definition) is 4. The lowest BCUT2D eigenvalue weighted by Gasteiger charge is -2.26. The minimum Gasteiger partial charge on any atom is -0.388 e. The van der Waals surface area contributed by atoms with Crippen LogP contribution in [0.2, 0.25) is 0 Å². The summed E-state index contributed by atoms with van der Waals surface area (Å²) < 4.78 is 78.4. The Labute approximate surface area is 251 Å². The van der Waals surface area contributed by atoms with E-state index in [0.717, 1.165) is 61.2 Å². The fraction of sp³-hybridized carbons (Fsp3) is 0.406. The highest BCUT2D eigenvalue weighted by Gasteiger charge is 2.31. The summed E-state index contributed by atoms with van der Waals surface area (Å²) >= 11 is 0. The minimum absolute atomic E-state index is 0.240. The van der Waals surface area contributed by atoms with Crippen molar-refractivity contribution >= 4 is 6.29 Å². The number of aldehydes is 1. The van der Waals surface area contributed by atoms with E-state index in [1.54, 1.807) is 10.9 Å². The number of aliphatic hydroxyl groups is 1. The highest BCUT2D eigenvalue weighted by atomic mass is 19.4. The van der Waals surface area contributed by atoms with Gasteiger partial charge in [0.1, 0.15) is 0 Å². The molecule has 0 bridgehead atoms. The van der Waals surface area contributed by atoms with Gasteiger partial charge in [-0.25, -0.2) is 9.36 Å². The molecule has 2 heterocycles. The maximum absolute atomic E-state index is 12.7. The predicted molar refractivity (Wildman–Crippen MR) is 153 cm³/mol. The molecule has 2 aromatic carbocycles. The summed E-state index contributed by atoms with van der Waals surface area (Å²) in [5.74, 6) is 0.240. The highest BCUT2D eigenvalue weighted by molar-refractivity contribution is 5.76. The fourth-order valence-corrected chi connectivity index (χ4v) is 5.32. The summed E-state index contributed by atoms with van der Waals surface area (Å²) in [4.78, 5) is 10.8. The molecule has 1 aliphatic rings. The summed E-state index contributed by atoms with van der Waals surface area (Å²) in [6.45, 7) is 3.82. The van der Waals surface area contributed by atoms with Crippen molar-refractivity contribution in [2.45, 2.75) is 77.2 Å². The lowest BCUT2D eigenvalue weighted by molar-refractivity contribution is -0.138. The monoisotopic (exact) mass is 620 g/mol. The number of rotatable bonds is 7. The first-order valence-corrected chi connectivity index (χ1v) is 14.5. The number of halogens is 6. The van der Waals surface area contributed by atoms with Crippen LogP contribution in [0.1, 0.15) is 90.5 Å². The third-order valence-electron chi connectivity index (χ3n) is 7.78. The van der Waals surface area contributed by atoms with Gasteiger partial charge in [0, 0.05) is 18.0 Å². The van der Waals surface area contributed by atoms with Crippen LogP contribution in [0.4, 0.5) is 26.3 Å². The third-order valence-corrected chi connectivity index (χ3v) is 7.78. The number of benzene rings is 2. The van der Waals surface area contributed by atoms with E-state index < -0.39 is 29.6 Å². The molecule has 1 atom stereocenters. The van der Waals surface area contributed by atoms with Crippen LogP contribution in [0.5, 0.6) is 0 Å². The summed E-state index contributed by atoms with van der Waals surface area (Å²) in [5.41, 5.74) is 2.32. The highest BCUT2D eigenvalue weighted by Crippen LogP contribution is 2.36. The van der Waals surface area contributed by atoms with Crippen molar-refractivity contribution < 1.29 is 36.2 Å². The molecule has 1 aliphatic carbocycles. The molecule has 4 aromatic rings. The van der Waals surface area contributed by atoms with Crippen LogP contribution in [0.25, 0.3) is 11.4 Å². The van der Waals surface area contributed by atoms with Crippen molar-refractivity contribution in [1.82, 2.24) is 19.6 Å². The molecule has 1 saturated carbocycles. The number of alkyl halides is 6. The predicted octanol–water partition coefficient (Wildman–Crippen LogP) is 8.33. The molecular weight excluding hydrogens is 586 g/mol. The number of carbonyl (C=O) groups is 1. The molecule has 1 fully saturated rings. The van der Waals surface area contributed by atoms with Gasteiger partial charge in [0.05, 0.1) is 45.6 Å². The van der Waals surface area contributed by atoms with Gasteiger partial charge in [-0.15, -0.1) is 0 Å². The molecule has 5 rings (SSSR count). The molecule has 1 unspecified atom stereocenters. The van der Waals surface area contributed by atoms with Crippen molar-refractivity contribution in [2.24, 2.45) is 5.92 Å². The number of aryl methyl sites for hydroxylation is 2. The van der Waals surface area contributed by atoms with E-state index in [9.17, 15) is 36.2 Å². The van der Waals surface area contributed by atoms with E-state index in [2.05, 4.69) is 10.2 Å². The smallest absolute Gasteiger partial charge is 0.388 e. The molecule has 0 amide bonds. The Hall–Kier alpha value is -3.93. The number of aliphatic hydroxyl groups excluding tert-OH is 1. The van der Waals surface area contributed by atoms with Crippen LogP contribution in [0.15, 0.2) is 60.9 Å². The zero-order valence-electron chi connectivity index (χ0n) is 24.4. The van der Waals surface area contributed by atoms with Crippen molar-refractivity contribution in [3.8, 4) is 11.4 Å². The van der Waals surface area contributed by atoms with E-state index in [1.165, 1.54) is 41.6 Å². The fourth-order valence-electron chi connectivity index (χ4n) is 5.32. The Bertz CT molecular complexity index is 1520. The zero-order valence-corrected chi connectivity index (χ0v) is 24.4. The van der Waals surface area contributed by atoms with Gasteiger partial charge in [-0.05, 0) is 80.1 Å². The molecule has 44 heavy (non-hydrogen) atoms. The summed E-state index contributed by atoms with van der Waals surface area (Å²) in [5, 5.41) is 19.4. The van der Waals surface area contributed by atoms with Gasteiger partial charge in [-0.1, -0.05) is 33.1 Å². The van der Waals surface area contributed by atoms with Crippen LogP contribution >= 0.6 is 0 Å². The second-order valence-electron chi connectivity index (χ2n) is 10.7. The first-order chi connectivity index (χ1) is 20.8. The summed E-state index contributed by atoms with van der Waals surface area (Å²) in [7, 11) is 0. The van der Waals surface area contributed by atoms with E-state index in [-0.39, 0.29) is 5.92 Å². The van der Waals surface area contributed by atoms with Crippen molar-refractivity contribution in [3.05, 3.63) is 94.6 Å². The second kappa shape index (κ2) is 13.8. The Kier molecular flexibility index (Phi) is 10.3. The normalized spacial score (nSPS) is 15.0. The van der Waals surface area contributed by atoms with Gasteiger partial charge >= 0.3 is 12.4 Å². The van der Waals surface area contributed by atoms with Crippen molar-refractivity contribution in [3.63, 3.8) is 0 Å². The molecule has 0 aliphatic heterocycles. The van der Waals surface area contributed by atoms with Crippen LogP contribution in [0, 0.1) is 5.92 Å². The average Bonchev–Trinajstić information content (AvgIpc) is 3.65.